The fourth-order valence-electron chi connectivity index (χ4n) is 3.05. The summed E-state index contributed by atoms with van der Waals surface area (Å²) in [5.41, 5.74) is 3.60. The molecule has 0 aliphatic heterocycles. The van der Waals surface area contributed by atoms with Gasteiger partial charge >= 0.3 is 0 Å². The molecule has 4 rings (SSSR count). The fourth-order valence-corrected chi connectivity index (χ4v) is 3.92. The van der Waals surface area contributed by atoms with Gasteiger partial charge in [0.1, 0.15) is 28.0 Å². The van der Waals surface area contributed by atoms with Crippen molar-refractivity contribution in [3.8, 4) is 5.75 Å². The molecule has 0 saturated carbocycles. The van der Waals surface area contributed by atoms with Gasteiger partial charge in [-0.1, -0.05) is 23.7 Å². The average Bonchev–Trinajstić information content (AvgIpc) is 3.11. The van der Waals surface area contributed by atoms with E-state index in [1.54, 1.807) is 29.1 Å². The lowest BCUT2D eigenvalue weighted by molar-refractivity contribution is 0.112. The third kappa shape index (κ3) is 3.86. The summed E-state index contributed by atoms with van der Waals surface area (Å²) in [5.74, 6) is 0.495. The van der Waals surface area contributed by atoms with Crippen LogP contribution in [0.1, 0.15) is 32.9 Å². The highest BCUT2D eigenvalue weighted by atomic mass is 35.5. The first kappa shape index (κ1) is 17.7. The van der Waals surface area contributed by atoms with Gasteiger partial charge in [-0.25, -0.2) is 4.98 Å². The Hall–Kier alpha value is -2.70. The van der Waals surface area contributed by atoms with E-state index < -0.39 is 0 Å². The molecule has 136 valence electrons. The van der Waals surface area contributed by atoms with Crippen LogP contribution in [0.5, 0.6) is 5.75 Å². The van der Waals surface area contributed by atoms with Crippen LogP contribution in [0.25, 0.3) is 11.8 Å². The molecule has 2 aromatic heterocycles. The van der Waals surface area contributed by atoms with Crippen LogP contribution >= 0.6 is 22.9 Å². The van der Waals surface area contributed by atoms with Crippen LogP contribution in [0.2, 0.25) is 4.34 Å². The number of nitrogens with zero attached hydrogens (tertiary/aromatic N) is 2. The Bertz CT molecular complexity index is 1100. The van der Waals surface area contributed by atoms with Crippen molar-refractivity contribution in [3.05, 3.63) is 79.1 Å². The van der Waals surface area contributed by atoms with Gasteiger partial charge < -0.3 is 4.74 Å². The van der Waals surface area contributed by atoms with Gasteiger partial charge in [-0.15, -0.1) is 11.3 Å². The topological polar surface area (TPSA) is 61.2 Å². The minimum atomic E-state index is -0.149. The molecule has 5 nitrogen and oxygen atoms in total. The van der Waals surface area contributed by atoms with E-state index in [2.05, 4.69) is 4.98 Å². The molecule has 0 radical (unpaired) electrons. The van der Waals surface area contributed by atoms with Gasteiger partial charge in [-0.05, 0) is 42.2 Å². The van der Waals surface area contributed by atoms with Crippen LogP contribution in [0, 0.1) is 0 Å². The third-order valence-electron chi connectivity index (χ3n) is 4.36. The number of aldehydes is 1. The highest BCUT2D eigenvalue weighted by Gasteiger charge is 2.14. The SMILES string of the molecule is O=Cc1ccc2c(c1)CCC(n1ccc(OCc3ncc(Cl)s3)cc1=O)=C2. The number of ether oxygens (including phenoxy) is 1. The zero-order valence-electron chi connectivity index (χ0n) is 14.2. The molecule has 27 heavy (non-hydrogen) atoms. The van der Waals surface area contributed by atoms with Gasteiger partial charge in [0.2, 0.25) is 0 Å². The van der Waals surface area contributed by atoms with Crippen LogP contribution in [0.3, 0.4) is 0 Å². The Morgan fingerprint density at radius 2 is 2.15 bits per heavy atom. The molecule has 0 fully saturated rings. The Labute approximate surface area is 164 Å². The standard InChI is InChI=1S/C20H15ClN2O3S/c21-18-10-22-19(27-18)12-26-17-5-6-23(20(25)9-17)16-4-3-14-7-13(11-24)1-2-15(14)8-16/h1-2,5-11H,3-4,12H2. The van der Waals surface area contributed by atoms with Crippen molar-refractivity contribution in [3.63, 3.8) is 0 Å². The van der Waals surface area contributed by atoms with Crippen molar-refractivity contribution >= 4 is 41.0 Å². The van der Waals surface area contributed by atoms with Crippen molar-refractivity contribution in [2.45, 2.75) is 19.4 Å². The minimum absolute atomic E-state index is 0.149. The molecular formula is C20H15ClN2O3S. The molecule has 7 heteroatoms. The Morgan fingerprint density at radius 3 is 2.89 bits per heavy atom. The second-order valence-electron chi connectivity index (χ2n) is 6.13. The van der Waals surface area contributed by atoms with Gasteiger partial charge in [0.15, 0.2) is 0 Å². The number of carbonyl (C=O) groups is 1. The first-order valence-electron chi connectivity index (χ1n) is 8.37. The van der Waals surface area contributed by atoms with Crippen LogP contribution in [-0.2, 0) is 13.0 Å². The summed E-state index contributed by atoms with van der Waals surface area (Å²) >= 11 is 7.20. The number of allylic oxidation sites excluding steroid dienone is 1. The number of rotatable bonds is 5. The van der Waals surface area contributed by atoms with E-state index in [0.717, 1.165) is 41.0 Å². The van der Waals surface area contributed by atoms with Gasteiger partial charge in [0, 0.05) is 23.5 Å². The lowest BCUT2D eigenvalue weighted by Crippen LogP contribution is -2.19. The zero-order chi connectivity index (χ0) is 18.8. The lowest BCUT2D eigenvalue weighted by Gasteiger charge is -2.18. The summed E-state index contributed by atoms with van der Waals surface area (Å²) in [4.78, 5) is 27.6. The number of benzene rings is 1. The van der Waals surface area contributed by atoms with E-state index in [1.807, 2.05) is 18.2 Å². The average molecular weight is 399 g/mol. The second kappa shape index (κ2) is 7.50. The summed E-state index contributed by atoms with van der Waals surface area (Å²) in [5, 5.41) is 0.755. The van der Waals surface area contributed by atoms with Crippen molar-refractivity contribution < 1.29 is 9.53 Å². The van der Waals surface area contributed by atoms with Gasteiger partial charge in [-0.3, -0.25) is 14.2 Å². The van der Waals surface area contributed by atoms with Crippen molar-refractivity contribution in [2.75, 3.05) is 0 Å². The number of halogens is 1. The number of hydrogen-bond donors (Lipinski definition) is 0. The molecular weight excluding hydrogens is 384 g/mol. The van der Waals surface area contributed by atoms with E-state index in [4.69, 9.17) is 16.3 Å². The first-order valence-corrected chi connectivity index (χ1v) is 9.56. The third-order valence-corrected chi connectivity index (χ3v) is 5.45. The number of aryl methyl sites for hydroxylation is 1. The smallest absolute Gasteiger partial charge is 0.258 e. The zero-order valence-corrected chi connectivity index (χ0v) is 15.8. The van der Waals surface area contributed by atoms with E-state index in [-0.39, 0.29) is 12.2 Å². The van der Waals surface area contributed by atoms with Crippen molar-refractivity contribution in [1.29, 1.82) is 0 Å². The van der Waals surface area contributed by atoms with E-state index >= 15 is 0 Å². The molecule has 0 saturated heterocycles. The van der Waals surface area contributed by atoms with Crippen LogP contribution < -0.4 is 10.3 Å². The lowest BCUT2D eigenvalue weighted by atomic mass is 9.93. The predicted molar refractivity (Wildman–Crippen MR) is 106 cm³/mol. The summed E-state index contributed by atoms with van der Waals surface area (Å²) < 4.78 is 7.87. The van der Waals surface area contributed by atoms with Crippen LogP contribution in [0.4, 0.5) is 0 Å². The van der Waals surface area contributed by atoms with Gasteiger partial charge in [-0.2, -0.15) is 0 Å². The molecule has 0 N–H and O–H groups in total. The Morgan fingerprint density at radius 1 is 1.26 bits per heavy atom. The maximum absolute atomic E-state index is 12.5. The number of pyridine rings is 1. The summed E-state index contributed by atoms with van der Waals surface area (Å²) in [7, 11) is 0. The minimum Gasteiger partial charge on any atom is -0.486 e. The van der Waals surface area contributed by atoms with Gasteiger partial charge in [0.25, 0.3) is 5.56 Å². The molecule has 0 unspecified atom stereocenters. The number of carbonyl (C=O) groups excluding carboxylic acids is 1. The van der Waals surface area contributed by atoms with E-state index in [1.165, 1.54) is 17.4 Å². The number of aromatic nitrogens is 2. The Balaban J connectivity index is 1.54. The number of fused-ring (bicyclic) bond motifs is 1. The normalized spacial score (nSPS) is 13.0. The molecule has 1 aromatic carbocycles. The monoisotopic (exact) mass is 398 g/mol. The van der Waals surface area contributed by atoms with E-state index in [9.17, 15) is 9.59 Å². The highest BCUT2D eigenvalue weighted by Crippen LogP contribution is 2.27. The second-order valence-corrected chi connectivity index (χ2v) is 7.88. The summed E-state index contributed by atoms with van der Waals surface area (Å²) in [6, 6.07) is 8.85. The molecule has 0 atom stereocenters. The fraction of sp³-hybridized carbons (Fsp3) is 0.150. The quantitative estimate of drug-likeness (QED) is 0.601. The predicted octanol–water partition coefficient (Wildman–Crippen LogP) is 4.29. The highest BCUT2D eigenvalue weighted by molar-refractivity contribution is 7.15. The maximum atomic E-state index is 12.5. The van der Waals surface area contributed by atoms with Crippen molar-refractivity contribution in [2.24, 2.45) is 0 Å². The number of thiazole rings is 1. The molecule has 2 heterocycles. The Kier molecular flexibility index (Phi) is 4.92. The molecule has 0 spiro atoms. The molecule has 3 aromatic rings. The molecule has 0 amide bonds. The van der Waals surface area contributed by atoms with Crippen LogP contribution in [-0.4, -0.2) is 15.8 Å². The summed E-state index contributed by atoms with van der Waals surface area (Å²) in [6.07, 6.45) is 7.66. The van der Waals surface area contributed by atoms with E-state index in [0.29, 0.717) is 15.6 Å². The van der Waals surface area contributed by atoms with Crippen LogP contribution in [0.15, 0.2) is 47.5 Å². The molecule has 1 aliphatic rings. The van der Waals surface area contributed by atoms with Gasteiger partial charge in [0.05, 0.1) is 6.20 Å². The van der Waals surface area contributed by atoms with Crippen molar-refractivity contribution in [1.82, 2.24) is 9.55 Å². The first-order chi connectivity index (χ1) is 13.1. The summed E-state index contributed by atoms with van der Waals surface area (Å²) in [6.45, 7) is 0.274. The molecule has 0 bridgehead atoms. The maximum Gasteiger partial charge on any atom is 0.258 e. The molecule has 1 aliphatic carbocycles. The largest absolute Gasteiger partial charge is 0.486 e. The number of hydrogen-bond acceptors (Lipinski definition) is 5.